The summed E-state index contributed by atoms with van der Waals surface area (Å²) < 4.78 is 10.4. The molecule has 0 radical (unpaired) electrons. The van der Waals surface area contributed by atoms with Crippen molar-refractivity contribution >= 4 is 16.9 Å². The smallest absolute Gasteiger partial charge is 0.357 e. The summed E-state index contributed by atoms with van der Waals surface area (Å²) in [5.41, 5.74) is 2.37. The second kappa shape index (κ2) is 5.12. The highest BCUT2D eigenvalue weighted by Gasteiger charge is 2.27. The van der Waals surface area contributed by atoms with Gasteiger partial charge in [-0.15, -0.1) is 0 Å². The number of hydrogen-bond acceptors (Lipinski definition) is 4. The van der Waals surface area contributed by atoms with Crippen molar-refractivity contribution in [1.29, 1.82) is 0 Å². The summed E-state index contributed by atoms with van der Waals surface area (Å²) in [6.07, 6.45) is 2.37. The molecule has 0 aliphatic heterocycles. The van der Waals surface area contributed by atoms with Gasteiger partial charge in [0.1, 0.15) is 5.75 Å². The number of rotatable bonds is 4. The largest absolute Gasteiger partial charge is 0.496 e. The Morgan fingerprint density at radius 2 is 2.20 bits per heavy atom. The molecular weight excluding hydrogens is 254 g/mol. The van der Waals surface area contributed by atoms with Crippen molar-refractivity contribution in [2.24, 2.45) is 0 Å². The van der Waals surface area contributed by atoms with Crippen LogP contribution < -0.4 is 4.74 Å². The predicted octanol–water partition coefficient (Wildman–Crippen LogP) is 3.30. The van der Waals surface area contributed by atoms with Gasteiger partial charge in [0, 0.05) is 11.5 Å². The lowest BCUT2D eigenvalue weighted by Gasteiger charge is -2.11. The van der Waals surface area contributed by atoms with Crippen molar-refractivity contribution in [1.82, 2.24) is 4.98 Å². The SMILES string of the molecule is CCOC(=O)c1cc(OC)c2cccc(C3CC3)c2n1. The third kappa shape index (κ3) is 2.22. The number of aromatic nitrogens is 1. The first-order chi connectivity index (χ1) is 9.74. The quantitative estimate of drug-likeness (QED) is 0.800. The van der Waals surface area contributed by atoms with Gasteiger partial charge >= 0.3 is 5.97 Å². The summed E-state index contributed by atoms with van der Waals surface area (Å²) in [5.74, 6) is 0.826. The summed E-state index contributed by atoms with van der Waals surface area (Å²) in [6.45, 7) is 2.12. The van der Waals surface area contributed by atoms with E-state index in [4.69, 9.17) is 9.47 Å². The van der Waals surface area contributed by atoms with Crippen molar-refractivity contribution in [2.75, 3.05) is 13.7 Å². The highest BCUT2D eigenvalue weighted by atomic mass is 16.5. The zero-order valence-electron chi connectivity index (χ0n) is 11.7. The number of esters is 1. The fraction of sp³-hybridized carbons (Fsp3) is 0.375. The molecule has 1 heterocycles. The number of para-hydroxylation sites is 1. The standard InChI is InChI=1S/C16H17NO3/c1-3-20-16(18)13-9-14(19-2)12-6-4-5-11(10-7-8-10)15(12)17-13/h4-6,9-10H,3,7-8H2,1-2H3. The number of nitrogens with zero attached hydrogens (tertiary/aromatic N) is 1. The van der Waals surface area contributed by atoms with Crippen LogP contribution in [0.2, 0.25) is 0 Å². The zero-order valence-corrected chi connectivity index (χ0v) is 11.7. The molecule has 1 aliphatic rings. The van der Waals surface area contributed by atoms with Crippen LogP contribution in [0.25, 0.3) is 10.9 Å². The Morgan fingerprint density at radius 3 is 2.85 bits per heavy atom. The van der Waals surface area contributed by atoms with Crippen molar-refractivity contribution in [3.8, 4) is 5.75 Å². The van der Waals surface area contributed by atoms with Crippen molar-refractivity contribution in [2.45, 2.75) is 25.7 Å². The van der Waals surface area contributed by atoms with Crippen molar-refractivity contribution in [3.63, 3.8) is 0 Å². The molecule has 20 heavy (non-hydrogen) atoms. The molecule has 0 saturated heterocycles. The number of hydrogen-bond donors (Lipinski definition) is 0. The van der Waals surface area contributed by atoms with Gasteiger partial charge in [0.05, 0.1) is 19.2 Å². The molecule has 0 atom stereocenters. The Bertz CT molecular complexity index is 662. The molecular formula is C16H17NO3. The van der Waals surface area contributed by atoms with E-state index in [1.165, 1.54) is 18.4 Å². The first-order valence-corrected chi connectivity index (χ1v) is 6.89. The van der Waals surface area contributed by atoms with Crippen molar-refractivity contribution < 1.29 is 14.3 Å². The molecule has 4 heteroatoms. The molecule has 1 fully saturated rings. The van der Waals surface area contributed by atoms with Gasteiger partial charge < -0.3 is 9.47 Å². The molecule has 1 aliphatic carbocycles. The van der Waals surface area contributed by atoms with Gasteiger partial charge in [0.25, 0.3) is 0 Å². The van der Waals surface area contributed by atoms with Crippen LogP contribution >= 0.6 is 0 Å². The predicted molar refractivity (Wildman–Crippen MR) is 76.2 cm³/mol. The Balaban J connectivity index is 2.19. The molecule has 0 bridgehead atoms. The highest BCUT2D eigenvalue weighted by molar-refractivity contribution is 5.95. The second-order valence-corrected chi connectivity index (χ2v) is 4.95. The fourth-order valence-corrected chi connectivity index (χ4v) is 2.44. The van der Waals surface area contributed by atoms with Crippen LogP contribution in [0.3, 0.4) is 0 Å². The number of carbonyl (C=O) groups excluding carboxylic acids is 1. The van der Waals surface area contributed by atoms with E-state index >= 15 is 0 Å². The summed E-state index contributed by atoms with van der Waals surface area (Å²) in [4.78, 5) is 16.4. The van der Waals surface area contributed by atoms with Gasteiger partial charge in [-0.3, -0.25) is 0 Å². The van der Waals surface area contributed by atoms with Gasteiger partial charge in [-0.05, 0) is 37.3 Å². The van der Waals surface area contributed by atoms with Crippen LogP contribution in [0, 0.1) is 0 Å². The maximum Gasteiger partial charge on any atom is 0.357 e. The highest BCUT2D eigenvalue weighted by Crippen LogP contribution is 2.43. The minimum absolute atomic E-state index is 0.310. The second-order valence-electron chi connectivity index (χ2n) is 4.95. The van der Waals surface area contributed by atoms with Crippen LogP contribution in [-0.4, -0.2) is 24.7 Å². The monoisotopic (exact) mass is 271 g/mol. The summed E-state index contributed by atoms with van der Waals surface area (Å²) in [6, 6.07) is 7.73. The molecule has 3 rings (SSSR count). The average Bonchev–Trinajstić information content (AvgIpc) is 3.30. The maximum atomic E-state index is 11.9. The molecule has 0 spiro atoms. The first-order valence-electron chi connectivity index (χ1n) is 6.89. The molecule has 0 amide bonds. The topological polar surface area (TPSA) is 48.4 Å². The van der Waals surface area contributed by atoms with E-state index < -0.39 is 5.97 Å². The molecule has 0 N–H and O–H groups in total. The summed E-state index contributed by atoms with van der Waals surface area (Å²) in [7, 11) is 1.60. The van der Waals surface area contributed by atoms with E-state index in [-0.39, 0.29) is 0 Å². The van der Waals surface area contributed by atoms with E-state index in [1.54, 1.807) is 20.1 Å². The van der Waals surface area contributed by atoms with Gasteiger partial charge in [-0.25, -0.2) is 9.78 Å². The maximum absolute atomic E-state index is 11.9. The average molecular weight is 271 g/mol. The van der Waals surface area contributed by atoms with Crippen LogP contribution in [0.1, 0.15) is 41.7 Å². The Labute approximate surface area is 117 Å². The molecule has 4 nitrogen and oxygen atoms in total. The lowest BCUT2D eigenvalue weighted by molar-refractivity contribution is 0.0519. The van der Waals surface area contributed by atoms with Crippen molar-refractivity contribution in [3.05, 3.63) is 35.5 Å². The number of pyridine rings is 1. The molecule has 0 unspecified atom stereocenters. The van der Waals surface area contributed by atoms with Crippen LogP contribution in [0.5, 0.6) is 5.75 Å². The Hall–Kier alpha value is -2.10. The first kappa shape index (κ1) is 12.9. The zero-order chi connectivity index (χ0) is 14.1. The minimum Gasteiger partial charge on any atom is -0.496 e. The van der Waals surface area contributed by atoms with Gasteiger partial charge in [-0.1, -0.05) is 12.1 Å². The lowest BCUT2D eigenvalue weighted by atomic mass is 10.0. The molecule has 104 valence electrons. The van der Waals surface area contributed by atoms with Gasteiger partial charge in [-0.2, -0.15) is 0 Å². The summed E-state index contributed by atoms with van der Waals surface area (Å²) >= 11 is 0. The van der Waals surface area contributed by atoms with E-state index in [1.807, 2.05) is 12.1 Å². The number of fused-ring (bicyclic) bond motifs is 1. The normalized spacial score (nSPS) is 14.3. The van der Waals surface area contributed by atoms with Crippen LogP contribution in [0.15, 0.2) is 24.3 Å². The number of ether oxygens (including phenoxy) is 2. The van der Waals surface area contributed by atoms with Crippen LogP contribution in [-0.2, 0) is 4.74 Å². The molecule has 2 aromatic rings. The third-order valence-corrected chi connectivity index (χ3v) is 3.55. The fourth-order valence-electron chi connectivity index (χ4n) is 2.44. The van der Waals surface area contributed by atoms with E-state index in [0.717, 1.165) is 10.9 Å². The Morgan fingerprint density at radius 1 is 1.40 bits per heavy atom. The molecule has 1 aromatic carbocycles. The number of benzene rings is 1. The number of carbonyl (C=O) groups is 1. The third-order valence-electron chi connectivity index (χ3n) is 3.55. The molecule has 1 saturated carbocycles. The molecule has 1 aromatic heterocycles. The van der Waals surface area contributed by atoms with E-state index in [2.05, 4.69) is 11.1 Å². The summed E-state index contributed by atoms with van der Waals surface area (Å²) in [5, 5.41) is 0.949. The van der Waals surface area contributed by atoms with Gasteiger partial charge in [0.15, 0.2) is 5.69 Å². The van der Waals surface area contributed by atoms with Crippen LogP contribution in [0.4, 0.5) is 0 Å². The van der Waals surface area contributed by atoms with E-state index in [9.17, 15) is 4.79 Å². The van der Waals surface area contributed by atoms with E-state index in [0.29, 0.717) is 24.0 Å². The number of methoxy groups -OCH3 is 1. The minimum atomic E-state index is -0.404. The Kier molecular flexibility index (Phi) is 3.30. The van der Waals surface area contributed by atoms with Gasteiger partial charge in [0.2, 0.25) is 0 Å². The lowest BCUT2D eigenvalue weighted by Crippen LogP contribution is -2.08.